The topological polar surface area (TPSA) is 40.6 Å². The highest BCUT2D eigenvalue weighted by Gasteiger charge is 2.35. The third-order valence-corrected chi connectivity index (χ3v) is 2.96. The van der Waals surface area contributed by atoms with E-state index < -0.39 is 0 Å². The Morgan fingerprint density at radius 2 is 1.65 bits per heavy atom. The van der Waals surface area contributed by atoms with Gasteiger partial charge in [-0.25, -0.2) is 4.79 Å². The van der Waals surface area contributed by atoms with Crippen molar-refractivity contribution >= 4 is 11.9 Å². The second-order valence-corrected chi connectivity index (χ2v) is 4.39. The van der Waals surface area contributed by atoms with E-state index in [0.717, 1.165) is 11.1 Å². The molecule has 0 unspecified atom stereocenters. The van der Waals surface area contributed by atoms with Gasteiger partial charge in [0.1, 0.15) is 6.54 Å². The third kappa shape index (κ3) is 3.19. The van der Waals surface area contributed by atoms with Gasteiger partial charge in [-0.05, 0) is 27.7 Å². The van der Waals surface area contributed by atoms with Gasteiger partial charge in [0.25, 0.3) is 5.91 Å². The van der Waals surface area contributed by atoms with E-state index in [1.54, 1.807) is 4.90 Å². The van der Waals surface area contributed by atoms with Crippen molar-refractivity contribution in [1.82, 2.24) is 9.80 Å². The summed E-state index contributed by atoms with van der Waals surface area (Å²) < 4.78 is 0. The summed E-state index contributed by atoms with van der Waals surface area (Å²) in [7, 11) is 0. The van der Waals surface area contributed by atoms with Crippen LogP contribution in [0.3, 0.4) is 0 Å². The van der Waals surface area contributed by atoms with Gasteiger partial charge in [-0.2, -0.15) is 0 Å². The number of amides is 3. The van der Waals surface area contributed by atoms with Crippen molar-refractivity contribution in [3.63, 3.8) is 0 Å². The lowest BCUT2D eigenvalue weighted by Crippen LogP contribution is -2.34. The number of allylic oxidation sites excluding steroid dienone is 2. The van der Waals surface area contributed by atoms with Gasteiger partial charge in [-0.3, -0.25) is 9.69 Å². The highest BCUT2D eigenvalue weighted by Crippen LogP contribution is 2.14. The van der Waals surface area contributed by atoms with Crippen LogP contribution in [-0.2, 0) is 4.79 Å². The minimum absolute atomic E-state index is 0.111. The smallest absolute Gasteiger partial charge is 0.311 e. The maximum absolute atomic E-state index is 12.0. The van der Waals surface area contributed by atoms with E-state index in [4.69, 9.17) is 0 Å². The van der Waals surface area contributed by atoms with Gasteiger partial charge in [0.05, 0.1) is 6.54 Å². The fourth-order valence-electron chi connectivity index (χ4n) is 1.61. The van der Waals surface area contributed by atoms with Crippen LogP contribution in [0, 0.1) is 0 Å². The lowest BCUT2D eigenvalue weighted by Gasteiger charge is -2.17. The molecule has 0 aliphatic carbocycles. The predicted octanol–water partition coefficient (Wildman–Crippen LogP) is 2.18. The molecule has 94 valence electrons. The fourth-order valence-corrected chi connectivity index (χ4v) is 1.61. The zero-order valence-corrected chi connectivity index (χ0v) is 11.0. The average molecular weight is 236 g/mol. The van der Waals surface area contributed by atoms with Crippen LogP contribution in [0.25, 0.3) is 0 Å². The Hall–Kier alpha value is -1.58. The molecule has 0 aromatic heterocycles. The van der Waals surface area contributed by atoms with Gasteiger partial charge in [-0.15, -0.1) is 0 Å². The van der Waals surface area contributed by atoms with Crippen LogP contribution in [0.1, 0.15) is 27.7 Å². The van der Waals surface area contributed by atoms with E-state index in [1.165, 1.54) is 4.90 Å². The molecular formula is C13H20N2O2. The summed E-state index contributed by atoms with van der Waals surface area (Å²) in [5.41, 5.74) is 2.12. The van der Waals surface area contributed by atoms with E-state index in [-0.39, 0.29) is 18.5 Å². The van der Waals surface area contributed by atoms with Gasteiger partial charge >= 0.3 is 6.03 Å². The molecule has 0 radical (unpaired) electrons. The third-order valence-electron chi connectivity index (χ3n) is 2.96. The molecule has 1 fully saturated rings. The lowest BCUT2D eigenvalue weighted by atomic mass is 10.3. The molecular weight excluding hydrogens is 216 g/mol. The number of urea groups is 1. The number of imide groups is 1. The van der Waals surface area contributed by atoms with Crippen molar-refractivity contribution in [3.05, 3.63) is 23.3 Å². The number of hydrogen-bond donors (Lipinski definition) is 0. The molecule has 0 bridgehead atoms. The first-order valence-corrected chi connectivity index (χ1v) is 5.82. The van der Waals surface area contributed by atoms with Gasteiger partial charge < -0.3 is 4.90 Å². The quantitative estimate of drug-likeness (QED) is 0.554. The Bertz CT molecular complexity index is 383. The Morgan fingerprint density at radius 3 is 2.18 bits per heavy atom. The van der Waals surface area contributed by atoms with Crippen LogP contribution in [0.2, 0.25) is 0 Å². The summed E-state index contributed by atoms with van der Waals surface area (Å²) in [5.74, 6) is -0.111. The predicted molar refractivity (Wildman–Crippen MR) is 67.5 cm³/mol. The zero-order valence-electron chi connectivity index (χ0n) is 11.0. The lowest BCUT2D eigenvalue weighted by molar-refractivity contribution is -0.125. The Morgan fingerprint density at radius 1 is 1.12 bits per heavy atom. The molecule has 0 saturated carbocycles. The van der Waals surface area contributed by atoms with E-state index in [2.05, 4.69) is 0 Å². The Labute approximate surface area is 103 Å². The SMILES string of the molecule is C/C=C(/C)CN1CC(=O)N(C/C(C)=C\C)C1=O. The summed E-state index contributed by atoms with van der Waals surface area (Å²) >= 11 is 0. The second kappa shape index (κ2) is 5.66. The van der Waals surface area contributed by atoms with Crippen LogP contribution in [-0.4, -0.2) is 41.4 Å². The highest BCUT2D eigenvalue weighted by atomic mass is 16.2. The summed E-state index contributed by atoms with van der Waals surface area (Å²) in [6.45, 7) is 8.84. The summed E-state index contributed by atoms with van der Waals surface area (Å²) in [5, 5.41) is 0. The van der Waals surface area contributed by atoms with Crippen LogP contribution in [0.15, 0.2) is 23.3 Å². The molecule has 1 rings (SSSR count). The van der Waals surface area contributed by atoms with Crippen LogP contribution < -0.4 is 0 Å². The minimum atomic E-state index is -0.183. The monoisotopic (exact) mass is 236 g/mol. The van der Waals surface area contributed by atoms with Gasteiger partial charge in [0, 0.05) is 6.54 Å². The summed E-state index contributed by atoms with van der Waals surface area (Å²) in [6, 6.07) is -0.183. The van der Waals surface area contributed by atoms with E-state index in [9.17, 15) is 9.59 Å². The normalized spacial score (nSPS) is 18.4. The van der Waals surface area contributed by atoms with E-state index in [1.807, 2.05) is 39.8 Å². The van der Waals surface area contributed by atoms with Crippen molar-refractivity contribution < 1.29 is 9.59 Å². The number of carbonyl (C=O) groups is 2. The first-order valence-electron chi connectivity index (χ1n) is 5.82. The first kappa shape index (κ1) is 13.5. The molecule has 0 aromatic rings. The van der Waals surface area contributed by atoms with Crippen molar-refractivity contribution in [1.29, 1.82) is 0 Å². The van der Waals surface area contributed by atoms with Gasteiger partial charge in [0.15, 0.2) is 0 Å². The maximum Gasteiger partial charge on any atom is 0.327 e. The van der Waals surface area contributed by atoms with Crippen molar-refractivity contribution in [3.8, 4) is 0 Å². The minimum Gasteiger partial charge on any atom is -0.311 e. The van der Waals surface area contributed by atoms with Crippen LogP contribution in [0.4, 0.5) is 4.79 Å². The number of hydrogen-bond acceptors (Lipinski definition) is 2. The second-order valence-electron chi connectivity index (χ2n) is 4.39. The molecule has 4 nitrogen and oxygen atoms in total. The molecule has 1 aliphatic heterocycles. The molecule has 4 heteroatoms. The van der Waals surface area contributed by atoms with Gasteiger partial charge in [-0.1, -0.05) is 23.3 Å². The van der Waals surface area contributed by atoms with Crippen LogP contribution in [0.5, 0.6) is 0 Å². The average Bonchev–Trinajstić information content (AvgIpc) is 2.56. The van der Waals surface area contributed by atoms with Gasteiger partial charge in [0.2, 0.25) is 0 Å². The largest absolute Gasteiger partial charge is 0.327 e. The molecule has 0 N–H and O–H groups in total. The molecule has 3 amide bonds. The number of rotatable bonds is 4. The zero-order chi connectivity index (χ0) is 13.0. The highest BCUT2D eigenvalue weighted by molar-refractivity contribution is 6.02. The maximum atomic E-state index is 12.0. The van der Waals surface area contributed by atoms with E-state index in [0.29, 0.717) is 13.1 Å². The molecule has 1 aliphatic rings. The number of nitrogens with zero attached hydrogens (tertiary/aromatic N) is 2. The van der Waals surface area contributed by atoms with Crippen molar-refractivity contribution in [2.45, 2.75) is 27.7 Å². The Balaban J connectivity index is 2.72. The molecule has 0 spiro atoms. The Kier molecular flexibility index (Phi) is 4.49. The standard InChI is InChI=1S/C13H20N2O2/c1-5-10(3)7-14-9-12(16)15(13(14)17)8-11(4)6-2/h5-6H,7-9H2,1-4H3/b10-5-,11-6-. The van der Waals surface area contributed by atoms with Crippen molar-refractivity contribution in [2.75, 3.05) is 19.6 Å². The summed E-state index contributed by atoms with van der Waals surface area (Å²) in [6.07, 6.45) is 3.87. The van der Waals surface area contributed by atoms with Crippen molar-refractivity contribution in [2.24, 2.45) is 0 Å². The molecule has 0 aromatic carbocycles. The first-order chi connectivity index (χ1) is 7.99. The molecule has 0 atom stereocenters. The van der Waals surface area contributed by atoms with E-state index >= 15 is 0 Å². The fraction of sp³-hybridized carbons (Fsp3) is 0.538. The molecule has 17 heavy (non-hydrogen) atoms. The molecule has 1 saturated heterocycles. The molecule has 1 heterocycles. The van der Waals surface area contributed by atoms with Crippen LogP contribution >= 0.6 is 0 Å². The summed E-state index contributed by atoms with van der Waals surface area (Å²) in [4.78, 5) is 26.6. The number of carbonyl (C=O) groups excluding carboxylic acids is 2.